The number of rotatable bonds is 3. The van der Waals surface area contributed by atoms with Crippen LogP contribution in [0.5, 0.6) is 11.6 Å². The van der Waals surface area contributed by atoms with Crippen LogP contribution in [0.3, 0.4) is 0 Å². The molecule has 1 aromatic heterocycles. The Hall–Kier alpha value is -1.36. The van der Waals surface area contributed by atoms with E-state index < -0.39 is 5.82 Å². The minimum Gasteiger partial charge on any atom is -0.437 e. The summed E-state index contributed by atoms with van der Waals surface area (Å²) in [5, 5.41) is 0.305. The Kier molecular flexibility index (Phi) is 4.01. The van der Waals surface area contributed by atoms with Crippen LogP contribution in [0.4, 0.5) is 4.39 Å². The van der Waals surface area contributed by atoms with Gasteiger partial charge in [0.1, 0.15) is 16.6 Å². The molecular formula is C12H9Cl2FN2O. The van der Waals surface area contributed by atoms with Crippen molar-refractivity contribution in [2.24, 2.45) is 5.73 Å². The zero-order valence-corrected chi connectivity index (χ0v) is 10.7. The van der Waals surface area contributed by atoms with Crippen molar-refractivity contribution in [2.45, 2.75) is 6.54 Å². The molecule has 6 heteroatoms. The normalized spacial score (nSPS) is 10.4. The van der Waals surface area contributed by atoms with Gasteiger partial charge in [-0.2, -0.15) is 0 Å². The fraction of sp³-hybridized carbons (Fsp3) is 0.0833. The Morgan fingerprint density at radius 1 is 1.28 bits per heavy atom. The number of benzene rings is 1. The van der Waals surface area contributed by atoms with E-state index in [2.05, 4.69) is 4.98 Å². The van der Waals surface area contributed by atoms with Gasteiger partial charge in [-0.15, -0.1) is 0 Å². The number of halogens is 3. The summed E-state index contributed by atoms with van der Waals surface area (Å²) in [6, 6.07) is 5.70. The number of hydrogen-bond donors (Lipinski definition) is 1. The van der Waals surface area contributed by atoms with Crippen LogP contribution < -0.4 is 10.5 Å². The lowest BCUT2D eigenvalue weighted by atomic mass is 10.2. The average molecular weight is 287 g/mol. The highest BCUT2D eigenvalue weighted by atomic mass is 35.5. The zero-order chi connectivity index (χ0) is 13.1. The van der Waals surface area contributed by atoms with Crippen LogP contribution in [0.25, 0.3) is 0 Å². The van der Waals surface area contributed by atoms with Gasteiger partial charge in [0.2, 0.25) is 5.88 Å². The highest BCUT2D eigenvalue weighted by Crippen LogP contribution is 2.31. The fourth-order valence-electron chi connectivity index (χ4n) is 1.34. The van der Waals surface area contributed by atoms with Crippen molar-refractivity contribution < 1.29 is 9.13 Å². The first-order chi connectivity index (χ1) is 8.61. The molecule has 0 saturated heterocycles. The molecule has 0 radical (unpaired) electrons. The van der Waals surface area contributed by atoms with Gasteiger partial charge in [0, 0.05) is 18.8 Å². The molecule has 2 N–H and O–H groups in total. The van der Waals surface area contributed by atoms with E-state index in [0.29, 0.717) is 10.8 Å². The molecule has 0 aliphatic rings. The summed E-state index contributed by atoms with van der Waals surface area (Å²) in [5.74, 6) is 0.0473. The molecule has 0 bridgehead atoms. The van der Waals surface area contributed by atoms with Crippen LogP contribution in [0.2, 0.25) is 10.0 Å². The first-order valence-electron chi connectivity index (χ1n) is 5.08. The number of aromatic nitrogens is 1. The summed E-state index contributed by atoms with van der Waals surface area (Å²) < 4.78 is 18.4. The third kappa shape index (κ3) is 2.72. The van der Waals surface area contributed by atoms with Crippen molar-refractivity contribution in [1.29, 1.82) is 0 Å². The second kappa shape index (κ2) is 5.52. The van der Waals surface area contributed by atoms with Crippen molar-refractivity contribution in [1.82, 2.24) is 4.98 Å². The van der Waals surface area contributed by atoms with Crippen LogP contribution in [-0.2, 0) is 6.54 Å². The first-order valence-corrected chi connectivity index (χ1v) is 5.83. The molecule has 2 rings (SSSR count). The topological polar surface area (TPSA) is 48.1 Å². The molecule has 0 aliphatic carbocycles. The molecule has 0 atom stereocenters. The SMILES string of the molecule is NCc1ccnc(Oc2ccc(F)c(Cl)c2)c1Cl. The Labute approximate surface area is 113 Å². The second-order valence-corrected chi connectivity index (χ2v) is 4.26. The maximum Gasteiger partial charge on any atom is 0.238 e. The summed E-state index contributed by atoms with van der Waals surface area (Å²) in [6.45, 7) is 0.280. The predicted octanol–water partition coefficient (Wildman–Crippen LogP) is 3.78. The Morgan fingerprint density at radius 3 is 2.72 bits per heavy atom. The monoisotopic (exact) mass is 286 g/mol. The van der Waals surface area contributed by atoms with E-state index in [-0.39, 0.29) is 17.4 Å². The molecule has 0 saturated carbocycles. The Bertz CT molecular complexity index is 578. The zero-order valence-electron chi connectivity index (χ0n) is 9.16. The van der Waals surface area contributed by atoms with E-state index >= 15 is 0 Å². The minimum absolute atomic E-state index is 0.0291. The molecular weight excluding hydrogens is 278 g/mol. The number of ether oxygens (including phenoxy) is 1. The van der Waals surface area contributed by atoms with Gasteiger partial charge in [0.05, 0.1) is 5.02 Å². The van der Waals surface area contributed by atoms with Crippen molar-refractivity contribution in [2.75, 3.05) is 0 Å². The minimum atomic E-state index is -0.515. The molecule has 0 spiro atoms. The fourth-order valence-corrected chi connectivity index (χ4v) is 1.74. The van der Waals surface area contributed by atoms with E-state index in [0.717, 1.165) is 5.56 Å². The van der Waals surface area contributed by atoms with E-state index in [1.165, 1.54) is 24.4 Å². The maximum atomic E-state index is 13.0. The van der Waals surface area contributed by atoms with Crippen LogP contribution >= 0.6 is 23.2 Å². The van der Waals surface area contributed by atoms with Crippen LogP contribution in [0.1, 0.15) is 5.56 Å². The van der Waals surface area contributed by atoms with Crippen molar-refractivity contribution >= 4 is 23.2 Å². The lowest BCUT2D eigenvalue weighted by molar-refractivity contribution is 0.461. The maximum absolute atomic E-state index is 13.0. The molecule has 1 heterocycles. The van der Waals surface area contributed by atoms with Gasteiger partial charge in [-0.05, 0) is 23.8 Å². The molecule has 2 aromatic rings. The standard InChI is InChI=1S/C12H9Cl2FN2O/c13-9-5-8(1-2-10(9)15)18-12-11(14)7(6-16)3-4-17-12/h1-5H,6,16H2. The highest BCUT2D eigenvalue weighted by Gasteiger charge is 2.10. The van der Waals surface area contributed by atoms with Gasteiger partial charge in [0.25, 0.3) is 0 Å². The smallest absolute Gasteiger partial charge is 0.238 e. The van der Waals surface area contributed by atoms with Gasteiger partial charge in [-0.25, -0.2) is 9.37 Å². The van der Waals surface area contributed by atoms with E-state index in [4.69, 9.17) is 33.7 Å². The predicted molar refractivity (Wildman–Crippen MR) is 68.6 cm³/mol. The number of nitrogens with zero attached hydrogens (tertiary/aromatic N) is 1. The van der Waals surface area contributed by atoms with Crippen molar-refractivity contribution in [3.63, 3.8) is 0 Å². The van der Waals surface area contributed by atoms with Crippen LogP contribution in [0, 0.1) is 5.82 Å². The van der Waals surface area contributed by atoms with E-state index in [1.54, 1.807) is 6.07 Å². The van der Waals surface area contributed by atoms with E-state index in [1.807, 2.05) is 0 Å². The lowest BCUT2D eigenvalue weighted by Crippen LogP contribution is -1.99. The quantitative estimate of drug-likeness (QED) is 0.934. The number of nitrogens with two attached hydrogens (primary N) is 1. The summed E-state index contributed by atoms with van der Waals surface area (Å²) in [4.78, 5) is 3.99. The summed E-state index contributed by atoms with van der Waals surface area (Å²) >= 11 is 11.7. The number of pyridine rings is 1. The molecule has 0 unspecified atom stereocenters. The Balaban J connectivity index is 2.31. The molecule has 94 valence electrons. The van der Waals surface area contributed by atoms with Crippen LogP contribution in [0.15, 0.2) is 30.5 Å². The van der Waals surface area contributed by atoms with Gasteiger partial charge in [0.15, 0.2) is 0 Å². The lowest BCUT2D eigenvalue weighted by Gasteiger charge is -2.09. The van der Waals surface area contributed by atoms with Crippen LogP contribution in [-0.4, -0.2) is 4.98 Å². The number of hydrogen-bond acceptors (Lipinski definition) is 3. The summed E-state index contributed by atoms with van der Waals surface area (Å²) in [5.41, 5.74) is 6.24. The Morgan fingerprint density at radius 2 is 2.06 bits per heavy atom. The summed E-state index contributed by atoms with van der Waals surface area (Å²) in [6.07, 6.45) is 1.54. The van der Waals surface area contributed by atoms with Gasteiger partial charge < -0.3 is 10.5 Å². The second-order valence-electron chi connectivity index (χ2n) is 3.47. The van der Waals surface area contributed by atoms with Gasteiger partial charge >= 0.3 is 0 Å². The van der Waals surface area contributed by atoms with Gasteiger partial charge in [-0.3, -0.25) is 0 Å². The molecule has 18 heavy (non-hydrogen) atoms. The highest BCUT2D eigenvalue weighted by molar-refractivity contribution is 6.32. The molecule has 0 fully saturated rings. The van der Waals surface area contributed by atoms with Crippen molar-refractivity contribution in [3.05, 3.63) is 51.9 Å². The van der Waals surface area contributed by atoms with Gasteiger partial charge in [-0.1, -0.05) is 23.2 Å². The summed E-state index contributed by atoms with van der Waals surface area (Å²) in [7, 11) is 0. The molecule has 0 aliphatic heterocycles. The molecule has 1 aromatic carbocycles. The third-order valence-corrected chi connectivity index (χ3v) is 2.96. The van der Waals surface area contributed by atoms with E-state index in [9.17, 15) is 4.39 Å². The average Bonchev–Trinajstić information content (AvgIpc) is 2.36. The van der Waals surface area contributed by atoms with Crippen molar-refractivity contribution in [3.8, 4) is 11.6 Å². The third-order valence-electron chi connectivity index (χ3n) is 2.26. The molecule has 3 nitrogen and oxygen atoms in total. The molecule has 0 amide bonds. The largest absolute Gasteiger partial charge is 0.437 e. The first kappa shape index (κ1) is 13.1.